The fourth-order valence-electron chi connectivity index (χ4n) is 4.60. The van der Waals surface area contributed by atoms with Crippen molar-refractivity contribution in [3.8, 4) is 11.5 Å². The fraction of sp³-hybridized carbons (Fsp3) is 0.250. The maximum absolute atomic E-state index is 14.2. The van der Waals surface area contributed by atoms with Crippen LogP contribution in [-0.4, -0.2) is 40.7 Å². The number of Topliss-reactive ketones (excluding diaryl/α,β-unsaturated/α-hetero) is 1. The van der Waals surface area contributed by atoms with E-state index in [1.54, 1.807) is 60.7 Å². The molecule has 8 nitrogen and oxygen atoms in total. The van der Waals surface area contributed by atoms with Gasteiger partial charge in [-0.1, -0.05) is 89.3 Å². The number of halogens is 2. The molecular formula is C32H29BrFN3O5S2. The summed E-state index contributed by atoms with van der Waals surface area (Å²) in [4.78, 5) is 28.4. The van der Waals surface area contributed by atoms with Gasteiger partial charge >= 0.3 is 5.91 Å². The second-order valence-electron chi connectivity index (χ2n) is 10.3. The van der Waals surface area contributed by atoms with Crippen molar-refractivity contribution in [2.24, 2.45) is 5.92 Å². The van der Waals surface area contributed by atoms with Crippen LogP contribution >= 0.6 is 39.0 Å². The second-order valence-corrected chi connectivity index (χ2v) is 13.4. The van der Waals surface area contributed by atoms with Crippen LogP contribution in [0.3, 0.4) is 0 Å². The molecule has 1 aliphatic heterocycles. The molecule has 0 radical (unpaired) electrons. The van der Waals surface area contributed by atoms with Gasteiger partial charge in [-0.3, -0.25) is 14.5 Å². The van der Waals surface area contributed by atoms with Crippen LogP contribution < -0.4 is 14.4 Å². The Morgan fingerprint density at radius 3 is 2.55 bits per heavy atom. The number of hydrogen-bond donors (Lipinski definition) is 1. The van der Waals surface area contributed by atoms with Crippen molar-refractivity contribution in [2.75, 3.05) is 18.6 Å². The van der Waals surface area contributed by atoms with Crippen LogP contribution in [0.2, 0.25) is 0 Å². The zero-order valence-electron chi connectivity index (χ0n) is 24.1. The Hall–Kier alpha value is -3.74. The van der Waals surface area contributed by atoms with Crippen molar-refractivity contribution >= 4 is 61.6 Å². The molecule has 0 spiro atoms. The number of ether oxygens (including phenoxy) is 2. The highest BCUT2D eigenvalue weighted by atomic mass is 79.9. The number of benzene rings is 3. The Balaban J connectivity index is 1.55. The number of thioether (sulfide) groups is 1. The van der Waals surface area contributed by atoms with Gasteiger partial charge in [0, 0.05) is 15.8 Å². The highest BCUT2D eigenvalue weighted by molar-refractivity contribution is 9.10. The average molecular weight is 699 g/mol. The Kier molecular flexibility index (Phi) is 10.0. The van der Waals surface area contributed by atoms with E-state index in [0.717, 1.165) is 22.2 Å². The molecule has 1 aliphatic rings. The number of ketones is 1. The van der Waals surface area contributed by atoms with Crippen LogP contribution in [0.5, 0.6) is 11.5 Å². The predicted octanol–water partition coefficient (Wildman–Crippen LogP) is 7.79. The van der Waals surface area contributed by atoms with E-state index in [2.05, 4.69) is 40.0 Å². The fourth-order valence-corrected chi connectivity index (χ4v) is 6.72. The third-order valence-corrected chi connectivity index (χ3v) is 9.56. The number of aliphatic hydroxyl groups is 1. The first-order valence-corrected chi connectivity index (χ1v) is 16.3. The molecule has 0 saturated carbocycles. The number of carbonyl (C=O) groups is 2. The first kappa shape index (κ1) is 31.7. The van der Waals surface area contributed by atoms with Gasteiger partial charge in [-0.25, -0.2) is 4.39 Å². The van der Waals surface area contributed by atoms with E-state index >= 15 is 0 Å². The molecule has 44 heavy (non-hydrogen) atoms. The van der Waals surface area contributed by atoms with Gasteiger partial charge in [-0.2, -0.15) is 0 Å². The van der Waals surface area contributed by atoms with Crippen molar-refractivity contribution in [2.45, 2.75) is 36.4 Å². The highest BCUT2D eigenvalue weighted by Crippen LogP contribution is 2.45. The molecule has 2 heterocycles. The summed E-state index contributed by atoms with van der Waals surface area (Å²) in [6.45, 7) is 4.71. The lowest BCUT2D eigenvalue weighted by molar-refractivity contribution is -0.132. The first-order valence-electron chi connectivity index (χ1n) is 13.7. The van der Waals surface area contributed by atoms with E-state index in [1.165, 1.54) is 29.8 Å². The van der Waals surface area contributed by atoms with Crippen molar-refractivity contribution in [3.05, 3.63) is 99.3 Å². The van der Waals surface area contributed by atoms with Crippen molar-refractivity contribution < 1.29 is 28.6 Å². The topological polar surface area (TPSA) is 102 Å². The number of methoxy groups -OCH3 is 1. The molecule has 1 unspecified atom stereocenters. The van der Waals surface area contributed by atoms with Gasteiger partial charge in [0.15, 0.2) is 15.8 Å². The Bertz CT molecular complexity index is 1710. The Morgan fingerprint density at radius 1 is 1.09 bits per heavy atom. The number of carbonyl (C=O) groups excluding carboxylic acids is 2. The quantitative estimate of drug-likeness (QED) is 0.0557. The summed E-state index contributed by atoms with van der Waals surface area (Å²) in [7, 11) is 1.51. The van der Waals surface area contributed by atoms with Gasteiger partial charge in [0.1, 0.15) is 11.6 Å². The van der Waals surface area contributed by atoms with Gasteiger partial charge < -0.3 is 14.6 Å². The summed E-state index contributed by atoms with van der Waals surface area (Å²) in [5.41, 5.74) is 1.29. The van der Waals surface area contributed by atoms with Crippen LogP contribution in [-0.2, 0) is 15.3 Å². The summed E-state index contributed by atoms with van der Waals surface area (Å²) < 4.78 is 27.0. The lowest BCUT2D eigenvalue weighted by atomic mass is 9.95. The van der Waals surface area contributed by atoms with E-state index < -0.39 is 17.7 Å². The number of amides is 1. The molecule has 1 atom stereocenters. The van der Waals surface area contributed by atoms with Gasteiger partial charge in [0.05, 0.1) is 25.3 Å². The molecule has 3 aromatic carbocycles. The third kappa shape index (κ3) is 6.82. The largest absolute Gasteiger partial charge is 0.507 e. The van der Waals surface area contributed by atoms with Crippen molar-refractivity contribution in [1.82, 2.24) is 10.2 Å². The van der Waals surface area contributed by atoms with Gasteiger partial charge in [-0.15, -0.1) is 10.2 Å². The number of anilines is 1. The molecule has 228 valence electrons. The standard InChI is InChI=1S/C32H29BrFN3O5S2/c1-18(2)14-15-42-24-13-10-20(16-25(24)41-3)27-26(28(38)19-8-11-22(33)12-9-19)29(39)30(40)37(27)31-35-36-32(44-31)43-17-21-6-4-5-7-23(21)34/h4-13,16,18,27,38H,14-15,17H2,1-3H3/b28-26-. The van der Waals surface area contributed by atoms with E-state index in [-0.39, 0.29) is 22.3 Å². The maximum atomic E-state index is 14.2. The summed E-state index contributed by atoms with van der Waals surface area (Å²) in [5.74, 6) is -0.660. The third-order valence-electron chi connectivity index (χ3n) is 6.93. The van der Waals surface area contributed by atoms with Crippen molar-refractivity contribution in [3.63, 3.8) is 0 Å². The first-order chi connectivity index (χ1) is 21.2. The Labute approximate surface area is 271 Å². The molecule has 1 N–H and O–H groups in total. The minimum atomic E-state index is -1.03. The van der Waals surface area contributed by atoms with Crippen LogP contribution in [0.4, 0.5) is 9.52 Å². The number of aromatic nitrogens is 2. The zero-order valence-corrected chi connectivity index (χ0v) is 27.3. The minimum absolute atomic E-state index is 0.0939. The summed E-state index contributed by atoms with van der Waals surface area (Å²) in [6.07, 6.45) is 0.854. The number of nitrogens with zero attached hydrogens (tertiary/aromatic N) is 3. The smallest absolute Gasteiger partial charge is 0.301 e. The highest BCUT2D eigenvalue weighted by Gasteiger charge is 2.48. The number of aliphatic hydroxyl groups excluding tert-OH is 1. The summed E-state index contributed by atoms with van der Waals surface area (Å²) in [6, 6.07) is 17.3. The van der Waals surface area contributed by atoms with Crippen LogP contribution in [0.25, 0.3) is 5.76 Å². The van der Waals surface area contributed by atoms with Crippen LogP contribution in [0, 0.1) is 11.7 Å². The van der Waals surface area contributed by atoms with Gasteiger partial charge in [-0.05, 0) is 53.8 Å². The number of hydrogen-bond acceptors (Lipinski definition) is 9. The van der Waals surface area contributed by atoms with Crippen molar-refractivity contribution in [1.29, 1.82) is 0 Å². The van der Waals surface area contributed by atoms with Crippen LogP contribution in [0.15, 0.2) is 81.1 Å². The average Bonchev–Trinajstić information content (AvgIpc) is 3.58. The molecule has 1 saturated heterocycles. The molecule has 5 rings (SSSR count). The molecule has 4 aromatic rings. The normalized spacial score (nSPS) is 16.1. The molecule has 1 fully saturated rings. The predicted molar refractivity (Wildman–Crippen MR) is 173 cm³/mol. The molecule has 12 heteroatoms. The van der Waals surface area contributed by atoms with Crippen LogP contribution in [0.1, 0.15) is 43.0 Å². The van der Waals surface area contributed by atoms with Gasteiger partial charge in [0.25, 0.3) is 5.78 Å². The molecular weight excluding hydrogens is 669 g/mol. The van der Waals surface area contributed by atoms with E-state index in [4.69, 9.17) is 9.47 Å². The molecule has 1 aromatic heterocycles. The lowest BCUT2D eigenvalue weighted by Gasteiger charge is -2.23. The maximum Gasteiger partial charge on any atom is 0.301 e. The molecule has 0 bridgehead atoms. The Morgan fingerprint density at radius 2 is 1.84 bits per heavy atom. The number of rotatable bonds is 11. The summed E-state index contributed by atoms with van der Waals surface area (Å²) >= 11 is 5.75. The SMILES string of the molecule is COc1cc(C2/C(=C(/O)c3ccc(Br)cc3)C(=O)C(=O)N2c2nnc(SCc3ccccc3F)s2)ccc1OCCC(C)C. The second kappa shape index (κ2) is 13.9. The van der Waals surface area contributed by atoms with Gasteiger partial charge in [0.2, 0.25) is 5.13 Å². The summed E-state index contributed by atoms with van der Waals surface area (Å²) in [5, 5.41) is 20.0. The zero-order chi connectivity index (χ0) is 31.4. The van der Waals surface area contributed by atoms with E-state index in [9.17, 15) is 19.1 Å². The minimum Gasteiger partial charge on any atom is -0.507 e. The molecule has 0 aliphatic carbocycles. The van der Waals surface area contributed by atoms with E-state index in [1.807, 2.05) is 0 Å². The monoisotopic (exact) mass is 697 g/mol. The lowest BCUT2D eigenvalue weighted by Crippen LogP contribution is -2.29. The van der Waals surface area contributed by atoms with E-state index in [0.29, 0.717) is 50.8 Å². The molecule has 1 amide bonds.